The molecule has 0 bridgehead atoms. The number of nitrogens with one attached hydrogen (secondary N) is 2. The quantitative estimate of drug-likeness (QED) is 0.193. The molecule has 0 saturated carbocycles. The second kappa shape index (κ2) is 7.96. The van der Waals surface area contributed by atoms with E-state index in [0.29, 0.717) is 0 Å². The number of amides is 1. The first-order valence-corrected chi connectivity index (χ1v) is 9.53. The number of nitrogen functional groups attached to an aromatic ring is 3. The van der Waals surface area contributed by atoms with Gasteiger partial charge in [0.15, 0.2) is 11.5 Å². The number of hydrogen-bond donors (Lipinski definition) is 6. The van der Waals surface area contributed by atoms with Crippen molar-refractivity contribution in [3.8, 4) is 0 Å². The first kappa shape index (κ1) is 21.3. The van der Waals surface area contributed by atoms with Gasteiger partial charge < -0.3 is 32.9 Å². The Kier molecular flexibility index (Phi) is 5.13. The van der Waals surface area contributed by atoms with Gasteiger partial charge >= 0.3 is 5.97 Å². The van der Waals surface area contributed by atoms with Crippen molar-refractivity contribution in [1.29, 1.82) is 0 Å². The van der Waals surface area contributed by atoms with Crippen LogP contribution in [0.3, 0.4) is 0 Å². The Morgan fingerprint density at radius 3 is 2.36 bits per heavy atom. The van der Waals surface area contributed by atoms with Gasteiger partial charge in [-0.15, -0.1) is 0 Å². The number of anilines is 4. The maximum absolute atomic E-state index is 12.6. The molecule has 13 nitrogen and oxygen atoms in total. The van der Waals surface area contributed by atoms with Crippen molar-refractivity contribution in [3.63, 3.8) is 0 Å². The number of aromatic carboxylic acids is 1. The molecule has 4 rings (SSSR count). The van der Waals surface area contributed by atoms with E-state index in [2.05, 4.69) is 20.6 Å². The molecule has 2 aromatic carbocycles. The predicted octanol–water partition coefficient (Wildman–Crippen LogP) is -0.688. The topological polar surface area (TPSA) is 221 Å². The molecule has 0 saturated heterocycles. The molecule has 1 amide bonds. The van der Waals surface area contributed by atoms with E-state index in [9.17, 15) is 24.3 Å². The van der Waals surface area contributed by atoms with Crippen LogP contribution in [0.1, 0.15) is 32.1 Å². The molecule has 0 unspecified atom stereocenters. The second-order valence-corrected chi connectivity index (χ2v) is 7.15. The van der Waals surface area contributed by atoms with Gasteiger partial charge in [0.25, 0.3) is 16.8 Å². The van der Waals surface area contributed by atoms with Crippen LogP contribution in [0.2, 0.25) is 0 Å². The molecule has 168 valence electrons. The lowest BCUT2D eigenvalue weighted by molar-refractivity contribution is 0.0688. The van der Waals surface area contributed by atoms with E-state index >= 15 is 0 Å². The number of nitrogens with two attached hydrogens (primary N) is 3. The van der Waals surface area contributed by atoms with E-state index in [4.69, 9.17) is 17.2 Å². The summed E-state index contributed by atoms with van der Waals surface area (Å²) in [5.41, 5.74) is 16.6. The highest BCUT2D eigenvalue weighted by Crippen LogP contribution is 2.19. The highest BCUT2D eigenvalue weighted by atomic mass is 16.4. The maximum Gasteiger partial charge on any atom is 0.353 e. The lowest BCUT2D eigenvalue weighted by atomic mass is 10.1. The van der Waals surface area contributed by atoms with Gasteiger partial charge in [-0.05, 0) is 11.1 Å². The van der Waals surface area contributed by atoms with Crippen molar-refractivity contribution in [2.75, 3.05) is 22.5 Å². The molecular formula is C20H18N8O5. The number of carbonyl (C=O) groups excluding carboxylic acids is 1. The first-order valence-electron chi connectivity index (χ1n) is 9.53. The molecule has 4 aromatic rings. The third kappa shape index (κ3) is 3.78. The Bertz CT molecular complexity index is 1500. The molecule has 33 heavy (non-hydrogen) atoms. The maximum atomic E-state index is 12.6. The van der Waals surface area contributed by atoms with Crippen LogP contribution < -0.4 is 38.7 Å². The summed E-state index contributed by atoms with van der Waals surface area (Å²) in [6.45, 7) is 0.361. The van der Waals surface area contributed by atoms with E-state index in [-0.39, 0.29) is 53.3 Å². The van der Waals surface area contributed by atoms with Crippen molar-refractivity contribution in [2.45, 2.75) is 13.1 Å². The Morgan fingerprint density at radius 1 is 1.00 bits per heavy atom. The molecule has 0 fully saturated rings. The fraction of sp³-hybridized carbons (Fsp3) is 0.100. The monoisotopic (exact) mass is 450 g/mol. The highest BCUT2D eigenvalue weighted by Gasteiger charge is 2.21. The van der Waals surface area contributed by atoms with Gasteiger partial charge in [-0.1, -0.05) is 24.3 Å². The van der Waals surface area contributed by atoms with E-state index < -0.39 is 22.7 Å². The van der Waals surface area contributed by atoms with Crippen LogP contribution >= 0.6 is 0 Å². The fourth-order valence-electron chi connectivity index (χ4n) is 3.30. The van der Waals surface area contributed by atoms with Crippen LogP contribution in [0, 0.1) is 0 Å². The van der Waals surface area contributed by atoms with E-state index in [1.165, 1.54) is 0 Å². The van der Waals surface area contributed by atoms with Crippen molar-refractivity contribution in [2.24, 2.45) is 0 Å². The molecule has 0 radical (unpaired) electrons. The number of carbonyl (C=O) groups is 2. The summed E-state index contributed by atoms with van der Waals surface area (Å²) in [7, 11) is 0. The number of benzene rings is 1. The van der Waals surface area contributed by atoms with Crippen LogP contribution in [0.25, 0.3) is 5.65 Å². The van der Waals surface area contributed by atoms with E-state index in [0.717, 1.165) is 21.6 Å². The summed E-state index contributed by atoms with van der Waals surface area (Å²) in [6, 6.07) is 8.18. The van der Waals surface area contributed by atoms with Crippen molar-refractivity contribution >= 4 is 40.7 Å². The van der Waals surface area contributed by atoms with Crippen molar-refractivity contribution in [1.82, 2.24) is 19.7 Å². The average Bonchev–Trinajstić information content (AvgIpc) is 3.10. The number of carboxylic acid groups (broad SMARTS) is 1. The van der Waals surface area contributed by atoms with Gasteiger partial charge in [-0.3, -0.25) is 18.8 Å². The Morgan fingerprint density at radius 2 is 1.70 bits per heavy atom. The number of rotatable bonds is 7. The zero-order chi connectivity index (χ0) is 23.9. The molecule has 0 spiro atoms. The van der Waals surface area contributed by atoms with E-state index in [1.54, 1.807) is 24.3 Å². The molecule has 0 atom stereocenters. The standard InChI is InChI=1S/C20H18N8O5/c21-12-13(15(30)14(12)29)24-6-8-2-1-3-9(4-8)7-25-18(31)10-5-11(19(32)33)28-17(26-10)16(22)27-20(28)23/h1-5,24H,6-7,21-22H2,(H2,23,27)(H,25,31)(H,32,33). The summed E-state index contributed by atoms with van der Waals surface area (Å²) in [4.78, 5) is 54.8. The number of imidazole rings is 1. The van der Waals surface area contributed by atoms with Crippen molar-refractivity contribution in [3.05, 3.63) is 73.3 Å². The number of nitrogens with zero attached hydrogens (tertiary/aromatic N) is 3. The largest absolute Gasteiger partial charge is 0.477 e. The SMILES string of the molecule is Nc1c(NCc2cccc(CNC(=O)c3cc(C(=O)O)n4c(N)nc(N)c4n3)c2)c(=O)c1=O. The lowest BCUT2D eigenvalue weighted by Gasteiger charge is -2.11. The van der Waals surface area contributed by atoms with E-state index in [1.807, 2.05) is 0 Å². The molecule has 0 aliphatic rings. The summed E-state index contributed by atoms with van der Waals surface area (Å²) in [5, 5.41) is 14.9. The van der Waals surface area contributed by atoms with Crippen molar-refractivity contribution < 1.29 is 14.7 Å². The van der Waals surface area contributed by atoms with Gasteiger partial charge in [0.05, 0.1) is 0 Å². The number of aromatic nitrogens is 3. The predicted molar refractivity (Wildman–Crippen MR) is 119 cm³/mol. The zero-order valence-electron chi connectivity index (χ0n) is 17.0. The van der Waals surface area contributed by atoms with Gasteiger partial charge in [0.1, 0.15) is 22.8 Å². The Hall–Kier alpha value is -4.94. The highest BCUT2D eigenvalue weighted by molar-refractivity contribution is 5.97. The number of hydrogen-bond acceptors (Lipinski definition) is 10. The third-order valence-electron chi connectivity index (χ3n) is 4.96. The third-order valence-corrected chi connectivity index (χ3v) is 4.96. The minimum absolute atomic E-state index is 0.0387. The molecule has 9 N–H and O–H groups in total. The Balaban J connectivity index is 1.48. The molecule has 13 heteroatoms. The van der Waals surface area contributed by atoms with Crippen LogP contribution in [0.5, 0.6) is 0 Å². The lowest BCUT2D eigenvalue weighted by Crippen LogP contribution is -2.36. The minimum Gasteiger partial charge on any atom is -0.477 e. The second-order valence-electron chi connectivity index (χ2n) is 7.15. The molecule has 2 aromatic heterocycles. The normalized spacial score (nSPS) is 11.0. The summed E-state index contributed by atoms with van der Waals surface area (Å²) >= 11 is 0. The molecule has 2 heterocycles. The zero-order valence-corrected chi connectivity index (χ0v) is 17.0. The Labute approximate surface area is 184 Å². The molecule has 0 aliphatic carbocycles. The summed E-state index contributed by atoms with van der Waals surface area (Å²) < 4.78 is 1.05. The summed E-state index contributed by atoms with van der Waals surface area (Å²) in [5.74, 6) is -2.22. The van der Waals surface area contributed by atoms with Crippen LogP contribution in [-0.2, 0) is 13.1 Å². The smallest absolute Gasteiger partial charge is 0.353 e. The average molecular weight is 450 g/mol. The number of carboxylic acids is 1. The van der Waals surface area contributed by atoms with Crippen LogP contribution in [-0.4, -0.2) is 31.4 Å². The summed E-state index contributed by atoms with van der Waals surface area (Å²) in [6.07, 6.45) is 0. The molecular weight excluding hydrogens is 432 g/mol. The van der Waals surface area contributed by atoms with Gasteiger partial charge in [0, 0.05) is 19.2 Å². The van der Waals surface area contributed by atoms with Crippen LogP contribution in [0.15, 0.2) is 39.9 Å². The first-order chi connectivity index (χ1) is 15.7. The van der Waals surface area contributed by atoms with Gasteiger partial charge in [0.2, 0.25) is 5.95 Å². The number of fused-ring (bicyclic) bond motifs is 1. The van der Waals surface area contributed by atoms with Crippen LogP contribution in [0.4, 0.5) is 23.1 Å². The minimum atomic E-state index is -1.33. The molecule has 0 aliphatic heterocycles. The fourth-order valence-corrected chi connectivity index (χ4v) is 3.30. The van der Waals surface area contributed by atoms with Gasteiger partial charge in [-0.2, -0.15) is 4.98 Å². The van der Waals surface area contributed by atoms with Gasteiger partial charge in [-0.25, -0.2) is 9.78 Å².